The van der Waals surface area contributed by atoms with Crippen molar-refractivity contribution in [1.29, 1.82) is 0 Å². The highest BCUT2D eigenvalue weighted by molar-refractivity contribution is 6.29. The van der Waals surface area contributed by atoms with Gasteiger partial charge in [0.2, 0.25) is 0 Å². The maximum absolute atomic E-state index is 7.17. The monoisotopic (exact) mass is 884 g/mol. The second kappa shape index (κ2) is 15.0. The Balaban J connectivity index is 1.15. The Labute approximate surface area is 398 Å². The molecule has 0 amide bonds. The zero-order valence-corrected chi connectivity index (χ0v) is 40.7. The van der Waals surface area contributed by atoms with E-state index < -0.39 is 0 Å². The van der Waals surface area contributed by atoms with E-state index in [-0.39, 0.29) is 10.8 Å². The van der Waals surface area contributed by atoms with Gasteiger partial charge in [-0.15, -0.1) is 0 Å². The van der Waals surface area contributed by atoms with E-state index in [0.29, 0.717) is 0 Å². The summed E-state index contributed by atoms with van der Waals surface area (Å²) in [5, 5.41) is 11.7. The largest absolute Gasteiger partial charge is 0.454 e. The van der Waals surface area contributed by atoms with Gasteiger partial charge in [-0.25, -0.2) is 0 Å². The van der Waals surface area contributed by atoms with Gasteiger partial charge in [0.25, 0.3) is 0 Å². The third kappa shape index (κ3) is 6.19. The molecule has 0 fully saturated rings. The minimum atomic E-state index is -0.0922. The summed E-state index contributed by atoms with van der Waals surface area (Å²) in [4.78, 5) is 4.94. The van der Waals surface area contributed by atoms with Crippen molar-refractivity contribution in [3.8, 4) is 0 Å². The fourth-order valence-electron chi connectivity index (χ4n) is 11.2. The normalized spacial score (nSPS) is 12.6. The van der Waals surface area contributed by atoms with Crippen molar-refractivity contribution in [2.24, 2.45) is 0 Å². The van der Waals surface area contributed by atoms with Gasteiger partial charge in [-0.3, -0.25) is 0 Å². The Bertz CT molecular complexity index is 3740. The highest BCUT2D eigenvalue weighted by Gasteiger charge is 2.30. The van der Waals surface area contributed by atoms with Crippen molar-refractivity contribution in [1.82, 2.24) is 0 Å². The smallest absolute Gasteiger partial charge is 0.159 e. The topological polar surface area (TPSA) is 32.8 Å². The number of nitrogens with zero attached hydrogens (tertiary/aromatic N) is 2. The Morgan fingerprint density at radius 3 is 1.07 bits per heavy atom. The number of aryl methyl sites for hydroxylation is 4. The first kappa shape index (κ1) is 41.8. The average Bonchev–Trinajstić information content (AvgIpc) is 3.89. The van der Waals surface area contributed by atoms with Gasteiger partial charge in [-0.1, -0.05) is 175 Å². The zero-order valence-electron chi connectivity index (χ0n) is 40.7. The van der Waals surface area contributed by atoms with Gasteiger partial charge in [0.15, 0.2) is 11.2 Å². The van der Waals surface area contributed by atoms with E-state index in [1.807, 2.05) is 0 Å². The van der Waals surface area contributed by atoms with Crippen molar-refractivity contribution < 1.29 is 8.83 Å². The van der Waals surface area contributed by atoms with E-state index in [9.17, 15) is 0 Å². The summed E-state index contributed by atoms with van der Waals surface area (Å²) in [5.74, 6) is 0. The van der Waals surface area contributed by atoms with Crippen LogP contribution in [-0.2, 0) is 10.8 Å². The number of rotatable bonds is 6. The van der Waals surface area contributed by atoms with Gasteiger partial charge >= 0.3 is 0 Å². The minimum Gasteiger partial charge on any atom is -0.454 e. The van der Waals surface area contributed by atoms with Gasteiger partial charge in [0.1, 0.15) is 11.2 Å². The van der Waals surface area contributed by atoms with Crippen LogP contribution in [0.4, 0.5) is 34.1 Å². The summed E-state index contributed by atoms with van der Waals surface area (Å²) in [6.45, 7) is 22.4. The molecule has 68 heavy (non-hydrogen) atoms. The van der Waals surface area contributed by atoms with Crippen LogP contribution in [0.5, 0.6) is 0 Å². The van der Waals surface area contributed by atoms with Crippen molar-refractivity contribution in [3.05, 3.63) is 191 Å². The molecule has 12 rings (SSSR count). The van der Waals surface area contributed by atoms with E-state index >= 15 is 0 Å². The lowest BCUT2D eigenvalue weighted by Gasteiger charge is -2.31. The van der Waals surface area contributed by atoms with Gasteiger partial charge < -0.3 is 18.6 Å². The Kier molecular flexibility index (Phi) is 9.21. The van der Waals surface area contributed by atoms with Gasteiger partial charge in [-0.2, -0.15) is 0 Å². The van der Waals surface area contributed by atoms with Gasteiger partial charge in [0.05, 0.1) is 22.7 Å². The molecule has 2 aromatic heterocycles. The molecule has 0 aliphatic carbocycles. The maximum Gasteiger partial charge on any atom is 0.159 e. The van der Waals surface area contributed by atoms with Crippen LogP contribution in [0.1, 0.15) is 74.9 Å². The van der Waals surface area contributed by atoms with E-state index in [2.05, 4.69) is 237 Å². The molecule has 0 atom stereocenters. The molecular formula is C64H56N2O2. The van der Waals surface area contributed by atoms with Crippen molar-refractivity contribution in [3.63, 3.8) is 0 Å². The first-order valence-electron chi connectivity index (χ1n) is 24.0. The molecule has 0 unspecified atom stereocenters. The number of hydrogen-bond donors (Lipinski definition) is 0. The first-order chi connectivity index (χ1) is 32.7. The SMILES string of the molecule is Cc1ccccc1N(c1ccc2ccc3c(N(c4ccccc4C)c4c(C)ccc5c4oc4c(C(C)(C)C)cccc45)ccc4ccc1c2c43)c1c(C)ccc2c1oc1c(C(C)(C)C)cccc12. The number of anilines is 6. The molecular weight excluding hydrogens is 829 g/mol. The van der Waals surface area contributed by atoms with Crippen LogP contribution in [0.2, 0.25) is 0 Å². The van der Waals surface area contributed by atoms with Crippen LogP contribution in [0.3, 0.4) is 0 Å². The van der Waals surface area contributed by atoms with Crippen molar-refractivity contribution in [2.45, 2.75) is 80.1 Å². The third-order valence-electron chi connectivity index (χ3n) is 14.6. The molecule has 0 saturated carbocycles. The maximum atomic E-state index is 7.17. The minimum absolute atomic E-state index is 0.0922. The molecule has 2 heterocycles. The van der Waals surface area contributed by atoms with E-state index in [1.165, 1.54) is 54.6 Å². The van der Waals surface area contributed by atoms with E-state index in [0.717, 1.165) is 89.1 Å². The van der Waals surface area contributed by atoms with Crippen LogP contribution < -0.4 is 9.80 Å². The Hall–Kier alpha value is -7.56. The summed E-state index contributed by atoms with van der Waals surface area (Å²) in [6, 6.07) is 58.2. The Morgan fingerprint density at radius 1 is 0.309 bits per heavy atom. The predicted octanol–water partition coefficient (Wildman–Crippen LogP) is 19.2. The zero-order chi connectivity index (χ0) is 47.0. The molecule has 4 nitrogen and oxygen atoms in total. The van der Waals surface area contributed by atoms with Crippen LogP contribution in [0.15, 0.2) is 167 Å². The lowest BCUT2D eigenvalue weighted by Crippen LogP contribution is -2.14. The number of furan rings is 2. The third-order valence-corrected chi connectivity index (χ3v) is 14.6. The van der Waals surface area contributed by atoms with E-state index in [1.54, 1.807) is 0 Å². The van der Waals surface area contributed by atoms with Crippen molar-refractivity contribution >= 4 is 110 Å². The molecule has 334 valence electrons. The molecule has 12 aromatic rings. The molecule has 0 spiro atoms. The van der Waals surface area contributed by atoms with Gasteiger partial charge in [0, 0.05) is 54.8 Å². The Morgan fingerprint density at radius 2 is 0.676 bits per heavy atom. The first-order valence-corrected chi connectivity index (χ1v) is 24.0. The number of hydrogen-bond acceptors (Lipinski definition) is 4. The quantitative estimate of drug-likeness (QED) is 0.156. The summed E-state index contributed by atoms with van der Waals surface area (Å²) >= 11 is 0. The van der Waals surface area contributed by atoms with Crippen molar-refractivity contribution in [2.75, 3.05) is 9.80 Å². The molecule has 0 saturated heterocycles. The number of para-hydroxylation sites is 4. The molecule has 10 aromatic carbocycles. The summed E-state index contributed by atoms with van der Waals surface area (Å²) in [7, 11) is 0. The molecule has 0 radical (unpaired) electrons. The molecule has 0 bridgehead atoms. The van der Waals surface area contributed by atoms with Crippen LogP contribution in [0, 0.1) is 27.7 Å². The molecule has 0 aliphatic rings. The number of benzene rings is 10. The fraction of sp³-hybridized carbons (Fsp3) is 0.188. The second-order valence-corrected chi connectivity index (χ2v) is 21.1. The van der Waals surface area contributed by atoms with Gasteiger partial charge in [-0.05, 0) is 107 Å². The standard InChI is InChI=1S/C64H56N2O2/c1-37-17-11-13-23-51(37)65(57-39(3)25-31-45-43-19-15-21-49(63(5,6)7)59(43)67-61(45)57)53-35-29-41-28-34-48-54(36-30-42-27-33-47(53)55(41)56(42)48)66(52-24-14-12-18-38(52)2)58-40(4)26-32-46-44-20-16-22-50(64(8,9)10)60(44)68-62(46)58/h11-36H,1-10H3. The molecule has 0 aliphatic heterocycles. The summed E-state index contributed by atoms with van der Waals surface area (Å²) < 4.78 is 14.3. The lowest BCUT2D eigenvalue weighted by molar-refractivity contribution is 0.572. The average molecular weight is 885 g/mol. The van der Waals surface area contributed by atoms with E-state index in [4.69, 9.17) is 8.83 Å². The van der Waals surface area contributed by atoms with Crippen LogP contribution >= 0.6 is 0 Å². The second-order valence-electron chi connectivity index (χ2n) is 21.1. The number of fused-ring (bicyclic) bond motifs is 6. The fourth-order valence-corrected chi connectivity index (χ4v) is 11.2. The summed E-state index contributed by atoms with van der Waals surface area (Å²) in [5.41, 5.74) is 17.1. The lowest BCUT2D eigenvalue weighted by atomic mass is 9.86. The predicted molar refractivity (Wildman–Crippen MR) is 290 cm³/mol. The molecule has 0 N–H and O–H groups in total. The summed E-state index contributed by atoms with van der Waals surface area (Å²) in [6.07, 6.45) is 0. The highest BCUT2D eigenvalue weighted by Crippen LogP contribution is 2.53. The van der Waals surface area contributed by atoms with Crippen LogP contribution in [0.25, 0.3) is 76.2 Å². The highest BCUT2D eigenvalue weighted by atomic mass is 16.3. The van der Waals surface area contributed by atoms with Crippen LogP contribution in [-0.4, -0.2) is 0 Å². The molecule has 4 heteroatoms.